The van der Waals surface area contributed by atoms with Crippen LogP contribution in [0.5, 0.6) is 0 Å². The first-order valence-electron chi connectivity index (χ1n) is 5.96. The van der Waals surface area contributed by atoms with Crippen LogP contribution in [0.25, 0.3) is 0 Å². The van der Waals surface area contributed by atoms with E-state index in [1.54, 1.807) is 18.2 Å². The summed E-state index contributed by atoms with van der Waals surface area (Å²) in [6.45, 7) is 2.33. The number of rotatable bonds is 3. The molecular weight excluding hydrogens is 304 g/mol. The minimum atomic E-state index is -0.111. The molecule has 0 saturated carbocycles. The summed E-state index contributed by atoms with van der Waals surface area (Å²) in [7, 11) is 0. The molecule has 0 bridgehead atoms. The van der Waals surface area contributed by atoms with Crippen LogP contribution in [0.3, 0.4) is 0 Å². The molecule has 2 aromatic rings. The normalized spacial score (nSPS) is 10.2. The highest BCUT2D eigenvalue weighted by Crippen LogP contribution is 2.17. The fourth-order valence-corrected chi connectivity index (χ4v) is 2.24. The molecule has 0 aliphatic carbocycles. The molecule has 2 aromatic carbocycles. The molecule has 0 aromatic heterocycles. The number of nitrogen functional groups attached to an aromatic ring is 1. The zero-order valence-corrected chi connectivity index (χ0v) is 12.2. The van der Waals surface area contributed by atoms with Gasteiger partial charge in [-0.2, -0.15) is 0 Å². The third kappa shape index (κ3) is 3.15. The standard InChI is InChI=1S/C15H15BrN2O/c1-10-12(6-4-8-14(10)17)15(19)18-9-11-5-2-3-7-13(11)16/h2-8H,9,17H2,1H3,(H,18,19). The first kappa shape index (κ1) is 13.6. The molecule has 0 heterocycles. The Morgan fingerprint density at radius 3 is 2.68 bits per heavy atom. The SMILES string of the molecule is Cc1c(N)cccc1C(=O)NCc1ccccc1Br. The van der Waals surface area contributed by atoms with Crippen molar-refractivity contribution in [2.45, 2.75) is 13.5 Å². The van der Waals surface area contributed by atoms with Crippen molar-refractivity contribution in [2.24, 2.45) is 0 Å². The monoisotopic (exact) mass is 318 g/mol. The number of anilines is 1. The van der Waals surface area contributed by atoms with Crippen LogP contribution in [0, 0.1) is 6.92 Å². The second-order valence-corrected chi connectivity index (χ2v) is 5.15. The van der Waals surface area contributed by atoms with Gasteiger partial charge in [0.25, 0.3) is 5.91 Å². The average Bonchev–Trinajstić information content (AvgIpc) is 2.40. The third-order valence-electron chi connectivity index (χ3n) is 3.02. The Morgan fingerprint density at radius 2 is 1.95 bits per heavy atom. The van der Waals surface area contributed by atoms with Crippen molar-refractivity contribution in [1.29, 1.82) is 0 Å². The minimum Gasteiger partial charge on any atom is -0.398 e. The molecule has 4 heteroatoms. The number of carbonyl (C=O) groups is 1. The van der Waals surface area contributed by atoms with Crippen molar-refractivity contribution in [1.82, 2.24) is 5.32 Å². The van der Waals surface area contributed by atoms with Gasteiger partial charge in [0.1, 0.15) is 0 Å². The van der Waals surface area contributed by atoms with Gasteiger partial charge in [-0.05, 0) is 36.2 Å². The van der Waals surface area contributed by atoms with E-state index in [9.17, 15) is 4.79 Å². The minimum absolute atomic E-state index is 0.111. The van der Waals surface area contributed by atoms with Crippen LogP contribution in [0.1, 0.15) is 21.5 Å². The van der Waals surface area contributed by atoms with E-state index in [4.69, 9.17) is 5.73 Å². The quantitative estimate of drug-likeness (QED) is 0.853. The van der Waals surface area contributed by atoms with Gasteiger partial charge in [0.2, 0.25) is 0 Å². The molecule has 2 rings (SSSR count). The highest BCUT2D eigenvalue weighted by atomic mass is 79.9. The van der Waals surface area contributed by atoms with Crippen molar-refractivity contribution in [2.75, 3.05) is 5.73 Å². The fourth-order valence-electron chi connectivity index (χ4n) is 1.81. The molecule has 1 amide bonds. The Labute approximate surface area is 121 Å². The molecule has 0 aliphatic heterocycles. The molecule has 0 saturated heterocycles. The molecule has 98 valence electrons. The van der Waals surface area contributed by atoms with Gasteiger partial charge in [0.15, 0.2) is 0 Å². The predicted molar refractivity (Wildman–Crippen MR) is 80.9 cm³/mol. The lowest BCUT2D eigenvalue weighted by atomic mass is 10.1. The number of nitrogens with two attached hydrogens (primary N) is 1. The van der Waals surface area contributed by atoms with E-state index < -0.39 is 0 Å². The van der Waals surface area contributed by atoms with Gasteiger partial charge >= 0.3 is 0 Å². The first-order chi connectivity index (χ1) is 9.09. The maximum Gasteiger partial charge on any atom is 0.251 e. The Morgan fingerprint density at radius 1 is 1.21 bits per heavy atom. The summed E-state index contributed by atoms with van der Waals surface area (Å²) in [6, 6.07) is 13.2. The Balaban J connectivity index is 2.10. The molecule has 0 radical (unpaired) electrons. The molecular formula is C15H15BrN2O. The summed E-state index contributed by atoms with van der Waals surface area (Å²) in [5.74, 6) is -0.111. The van der Waals surface area contributed by atoms with Crippen LogP contribution in [-0.4, -0.2) is 5.91 Å². The molecule has 0 atom stereocenters. The number of benzene rings is 2. The topological polar surface area (TPSA) is 55.1 Å². The maximum atomic E-state index is 12.1. The van der Waals surface area contributed by atoms with Gasteiger partial charge in [0, 0.05) is 22.3 Å². The molecule has 3 N–H and O–H groups in total. The number of nitrogens with one attached hydrogen (secondary N) is 1. The highest BCUT2D eigenvalue weighted by molar-refractivity contribution is 9.10. The second kappa shape index (κ2) is 5.89. The van der Waals surface area contributed by atoms with Crippen molar-refractivity contribution in [3.63, 3.8) is 0 Å². The molecule has 0 fully saturated rings. The summed E-state index contributed by atoms with van der Waals surface area (Å²) in [5.41, 5.74) is 8.90. The van der Waals surface area contributed by atoms with Crippen molar-refractivity contribution >= 4 is 27.5 Å². The van der Waals surface area contributed by atoms with Gasteiger partial charge in [-0.3, -0.25) is 4.79 Å². The molecule has 3 nitrogen and oxygen atoms in total. The van der Waals surface area contributed by atoms with Crippen molar-refractivity contribution < 1.29 is 4.79 Å². The Kier molecular flexibility index (Phi) is 4.22. The van der Waals surface area contributed by atoms with Crippen LogP contribution >= 0.6 is 15.9 Å². The summed E-state index contributed by atoms with van der Waals surface area (Å²) < 4.78 is 0.986. The fraction of sp³-hybridized carbons (Fsp3) is 0.133. The molecule has 19 heavy (non-hydrogen) atoms. The van der Waals surface area contributed by atoms with E-state index in [-0.39, 0.29) is 5.91 Å². The highest BCUT2D eigenvalue weighted by Gasteiger charge is 2.10. The third-order valence-corrected chi connectivity index (χ3v) is 3.79. The zero-order valence-electron chi connectivity index (χ0n) is 10.6. The maximum absolute atomic E-state index is 12.1. The van der Waals surface area contributed by atoms with E-state index in [0.29, 0.717) is 17.8 Å². The second-order valence-electron chi connectivity index (χ2n) is 4.29. The number of hydrogen-bond acceptors (Lipinski definition) is 2. The van der Waals surface area contributed by atoms with Crippen LogP contribution in [0.15, 0.2) is 46.9 Å². The van der Waals surface area contributed by atoms with E-state index in [2.05, 4.69) is 21.2 Å². The van der Waals surface area contributed by atoms with Crippen molar-refractivity contribution in [3.8, 4) is 0 Å². The van der Waals surface area contributed by atoms with Crippen LogP contribution < -0.4 is 11.1 Å². The van der Waals surface area contributed by atoms with Crippen LogP contribution in [-0.2, 0) is 6.54 Å². The van der Waals surface area contributed by atoms with Gasteiger partial charge < -0.3 is 11.1 Å². The number of hydrogen-bond donors (Lipinski definition) is 2. The largest absolute Gasteiger partial charge is 0.398 e. The predicted octanol–water partition coefficient (Wildman–Crippen LogP) is 3.27. The van der Waals surface area contributed by atoms with Gasteiger partial charge in [-0.15, -0.1) is 0 Å². The van der Waals surface area contributed by atoms with E-state index >= 15 is 0 Å². The Bertz CT molecular complexity index is 611. The zero-order chi connectivity index (χ0) is 13.8. The summed E-state index contributed by atoms with van der Waals surface area (Å²) >= 11 is 3.46. The summed E-state index contributed by atoms with van der Waals surface area (Å²) in [5, 5.41) is 2.90. The van der Waals surface area contributed by atoms with Gasteiger partial charge in [-0.1, -0.05) is 40.2 Å². The first-order valence-corrected chi connectivity index (χ1v) is 6.75. The van der Waals surface area contributed by atoms with E-state index in [1.165, 1.54) is 0 Å². The van der Waals surface area contributed by atoms with Gasteiger partial charge in [0.05, 0.1) is 0 Å². The average molecular weight is 319 g/mol. The number of halogens is 1. The molecule has 0 spiro atoms. The van der Waals surface area contributed by atoms with E-state index in [1.807, 2.05) is 31.2 Å². The number of carbonyl (C=O) groups excluding carboxylic acids is 1. The van der Waals surface area contributed by atoms with Gasteiger partial charge in [-0.25, -0.2) is 0 Å². The summed E-state index contributed by atoms with van der Waals surface area (Å²) in [4.78, 5) is 12.1. The van der Waals surface area contributed by atoms with Crippen molar-refractivity contribution in [3.05, 3.63) is 63.6 Å². The molecule has 0 unspecified atom stereocenters. The summed E-state index contributed by atoms with van der Waals surface area (Å²) in [6.07, 6.45) is 0. The lowest BCUT2D eigenvalue weighted by molar-refractivity contribution is 0.0950. The number of amides is 1. The molecule has 0 aliphatic rings. The smallest absolute Gasteiger partial charge is 0.251 e. The lowest BCUT2D eigenvalue weighted by Crippen LogP contribution is -2.24. The van der Waals surface area contributed by atoms with E-state index in [0.717, 1.165) is 15.6 Å². The lowest BCUT2D eigenvalue weighted by Gasteiger charge is -2.10. The Hall–Kier alpha value is -1.81. The van der Waals surface area contributed by atoms with Crippen LogP contribution in [0.4, 0.5) is 5.69 Å². The van der Waals surface area contributed by atoms with Crippen LogP contribution in [0.2, 0.25) is 0 Å².